The number of hydrogen-bond donors (Lipinski definition) is 0. The van der Waals surface area contributed by atoms with Gasteiger partial charge in [0, 0.05) is 0 Å². The lowest BCUT2D eigenvalue weighted by Gasteiger charge is -2.44. The van der Waals surface area contributed by atoms with Crippen LogP contribution in [-0.4, -0.2) is 96.5 Å². The first-order valence-electron chi connectivity index (χ1n) is 22.8. The van der Waals surface area contributed by atoms with Crippen LogP contribution in [0.4, 0.5) is 0 Å². The molecule has 0 saturated carbocycles. The van der Waals surface area contributed by atoms with Gasteiger partial charge in [0.05, 0.1) is 83.1 Å². The summed E-state index contributed by atoms with van der Waals surface area (Å²) in [5.41, 5.74) is -3.72. The van der Waals surface area contributed by atoms with E-state index in [0.717, 1.165) is 13.4 Å². The van der Waals surface area contributed by atoms with Crippen molar-refractivity contribution in [1.29, 1.82) is 0 Å². The van der Waals surface area contributed by atoms with Gasteiger partial charge < -0.3 is 41.2 Å². The predicted molar refractivity (Wildman–Crippen MR) is 246 cm³/mol. The second-order valence-electron chi connectivity index (χ2n) is 19.0. The predicted octanol–water partition coefficient (Wildman–Crippen LogP) is 12.3. The third-order valence-corrected chi connectivity index (χ3v) is 9.55. The molecule has 0 aliphatic heterocycles. The lowest BCUT2D eigenvalue weighted by atomic mass is 10.1. The smallest absolute Gasteiger partial charge is 0.0780 e. The molecule has 0 radical (unpaired) electrons. The molecule has 0 heterocycles. The normalized spacial score (nSPS) is 12.0. The van der Waals surface area contributed by atoms with E-state index < -0.39 is 5.69 Å². The van der Waals surface area contributed by atoms with Crippen LogP contribution < -0.4 is 9.79 Å². The van der Waals surface area contributed by atoms with Crippen molar-refractivity contribution in [1.82, 2.24) is 0 Å². The number of quaternary nitrogens is 3. The highest BCUT2D eigenvalue weighted by Gasteiger charge is 2.06. The Morgan fingerprint density at radius 3 is 0.547 bits per heavy atom. The first-order valence-corrected chi connectivity index (χ1v) is 26.5. The van der Waals surface area contributed by atoms with Gasteiger partial charge in [-0.3, -0.25) is 0 Å². The van der Waals surface area contributed by atoms with Crippen molar-refractivity contribution in [3.05, 3.63) is 0 Å². The van der Waals surface area contributed by atoms with Crippen LogP contribution in [0.2, 0.25) is 0 Å². The molecule has 0 N–H and O–H groups in total. The van der Waals surface area contributed by atoms with Crippen LogP contribution in [0.25, 0.3) is 0 Å². The third kappa shape index (κ3) is 86.0. The summed E-state index contributed by atoms with van der Waals surface area (Å²) >= 11 is 7.28. The molecule has 0 bridgehead atoms. The van der Waals surface area contributed by atoms with Crippen molar-refractivity contribution in [2.75, 3.05) is 83.1 Å². The van der Waals surface area contributed by atoms with E-state index in [2.05, 4.69) is 108 Å². The van der Waals surface area contributed by atoms with Crippen LogP contribution in [0.5, 0.6) is 0 Å². The molecule has 0 saturated heterocycles. The van der Waals surface area contributed by atoms with Crippen LogP contribution in [0.15, 0.2) is 0 Å². The van der Waals surface area contributed by atoms with Gasteiger partial charge in [-0.25, -0.2) is 0 Å². The number of nitrogens with zero attached hydrogens (tertiary/aromatic N) is 3. The molecule has 0 aromatic carbocycles. The van der Waals surface area contributed by atoms with Gasteiger partial charge in [-0.1, -0.05) is 175 Å². The maximum Gasteiger partial charge on any atom is 0.0780 e. The molecule has 53 heavy (non-hydrogen) atoms. The van der Waals surface area contributed by atoms with Crippen LogP contribution in [-0.2, 0) is 24.1 Å². The topological polar surface area (TPSA) is 46.1 Å². The highest BCUT2D eigenvalue weighted by atomic mass is 32.9. The minimum absolute atomic E-state index is 1.12. The minimum Gasteiger partial charge on any atom is -0.850 e. The third-order valence-electron chi connectivity index (χ3n) is 9.55. The summed E-state index contributed by atoms with van der Waals surface area (Å²) < 4.78 is 3.37. The molecule has 0 aliphatic rings. The second-order valence-corrected chi connectivity index (χ2v) is 23.5. The van der Waals surface area contributed by atoms with Crippen LogP contribution in [0, 0.1) is 0 Å². The fourth-order valence-corrected chi connectivity index (χ4v) is 6.22. The maximum absolute atomic E-state index is 9.29. The zero-order valence-electron chi connectivity index (χ0n) is 38.8. The summed E-state index contributed by atoms with van der Waals surface area (Å²) in [4.78, 5) is 18.6. The van der Waals surface area contributed by atoms with E-state index in [0.29, 0.717) is 0 Å². The lowest BCUT2D eigenvalue weighted by molar-refractivity contribution is -0.870. The largest absolute Gasteiger partial charge is 0.850 e. The first kappa shape index (κ1) is 60.5. The Morgan fingerprint density at radius 1 is 0.321 bits per heavy atom. The van der Waals surface area contributed by atoms with Crippen molar-refractivity contribution < 1.29 is 23.2 Å². The second kappa shape index (κ2) is 42.4. The van der Waals surface area contributed by atoms with Gasteiger partial charge in [0.25, 0.3) is 0 Å². The van der Waals surface area contributed by atoms with E-state index in [1.54, 1.807) is 0 Å². The summed E-state index contributed by atoms with van der Waals surface area (Å²) in [6.45, 7) is 10.8. The molecule has 0 aromatic rings. The fraction of sp³-hybridized carbons (Fsp3) is 1.00. The molecule has 0 aromatic heterocycles. The monoisotopic (exact) mass is 812 g/mol. The van der Waals surface area contributed by atoms with Crippen molar-refractivity contribution >= 4 is 29.7 Å². The summed E-state index contributed by atoms with van der Waals surface area (Å²) in [6.07, 6.45) is 43.2. The van der Waals surface area contributed by atoms with Gasteiger partial charge in [-0.15, -0.1) is 0 Å². The Bertz CT molecular complexity index is 642. The molecule has 0 spiro atoms. The molecule has 8 heteroatoms. The molecule has 0 aliphatic carbocycles. The summed E-state index contributed by atoms with van der Waals surface area (Å²) in [5, 5.41) is 0. The van der Waals surface area contributed by atoms with Crippen LogP contribution in [0.3, 0.4) is 0 Å². The quantitative estimate of drug-likeness (QED) is 0.0287. The zero-order chi connectivity index (χ0) is 41.3. The van der Waals surface area contributed by atoms with E-state index in [4.69, 9.17) is 0 Å². The van der Waals surface area contributed by atoms with Crippen molar-refractivity contribution in [2.45, 2.75) is 213 Å². The average molecular weight is 812 g/mol. The zero-order valence-corrected chi connectivity index (χ0v) is 41.3. The van der Waals surface area contributed by atoms with Crippen LogP contribution >= 0.6 is 5.69 Å². The van der Waals surface area contributed by atoms with E-state index in [1.807, 2.05) is 0 Å². The SMILES string of the molecule is CCCCCCCCCCCC[N+](C)(C)C.CCCCCCCCCCCC[N+](C)(C)C.CCCCCCCCCCCC[N+](C)(C)C.[O-]P([O-])(=S)[S-]. The Labute approximate surface area is 348 Å². The Morgan fingerprint density at radius 2 is 0.434 bits per heavy atom. The number of hydrogen-bond acceptors (Lipinski definition) is 4. The molecule has 0 rings (SSSR count). The minimum atomic E-state index is -3.72. The molecule has 0 amide bonds. The highest BCUT2D eigenvalue weighted by Crippen LogP contribution is 2.16. The van der Waals surface area contributed by atoms with Gasteiger partial charge in [0.1, 0.15) is 0 Å². The molecular weight excluding hydrogens is 710 g/mol. The maximum atomic E-state index is 9.29. The molecule has 0 unspecified atom stereocenters. The molecule has 0 fully saturated rings. The molecular formula is C45H102N3O2PS2. The number of rotatable bonds is 33. The first-order chi connectivity index (χ1) is 24.7. The van der Waals surface area contributed by atoms with Gasteiger partial charge in [-0.2, -0.15) is 11.8 Å². The van der Waals surface area contributed by atoms with Gasteiger partial charge in [0.15, 0.2) is 0 Å². The summed E-state index contributed by atoms with van der Waals surface area (Å²) in [6, 6.07) is 0. The molecule has 5 nitrogen and oxygen atoms in total. The highest BCUT2D eigenvalue weighted by molar-refractivity contribution is 8.49. The Balaban J connectivity index is -0.000000318. The van der Waals surface area contributed by atoms with Gasteiger partial charge in [-0.05, 0) is 38.5 Å². The van der Waals surface area contributed by atoms with E-state index in [-0.39, 0.29) is 0 Å². The van der Waals surface area contributed by atoms with Crippen molar-refractivity contribution in [2.24, 2.45) is 0 Å². The number of unbranched alkanes of at least 4 members (excludes halogenated alkanes) is 27. The van der Waals surface area contributed by atoms with E-state index in [9.17, 15) is 9.79 Å². The van der Waals surface area contributed by atoms with Gasteiger partial charge >= 0.3 is 0 Å². The van der Waals surface area contributed by atoms with Gasteiger partial charge in [0.2, 0.25) is 0 Å². The van der Waals surface area contributed by atoms with Crippen molar-refractivity contribution in [3.8, 4) is 0 Å². The standard InChI is InChI=1S/3C15H34N.H3O2PS2/c3*1-5-6-7-8-9-10-11-12-13-14-15-16(2,3)4;1-3(2,4)5/h3*5-15H2,1-4H3;(H3,1,2,4,5)/q3*+1;/p-3. The molecule has 0 atom stereocenters. The van der Waals surface area contributed by atoms with Crippen LogP contribution in [0.1, 0.15) is 213 Å². The Kier molecular flexibility index (Phi) is 48.4. The average Bonchev–Trinajstić information content (AvgIpc) is 3.02. The fourth-order valence-electron chi connectivity index (χ4n) is 6.22. The lowest BCUT2D eigenvalue weighted by Crippen LogP contribution is -2.35. The Hall–Kier alpha value is 0.800. The molecule has 326 valence electrons. The van der Waals surface area contributed by atoms with Crippen molar-refractivity contribution in [3.63, 3.8) is 0 Å². The van der Waals surface area contributed by atoms with E-state index in [1.165, 1.54) is 212 Å². The summed E-state index contributed by atoms with van der Waals surface area (Å²) in [5.74, 6) is 0. The summed E-state index contributed by atoms with van der Waals surface area (Å²) in [7, 11) is 20.6. The van der Waals surface area contributed by atoms with E-state index >= 15 is 0 Å².